The maximum atomic E-state index is 11.0. The molecule has 0 spiro atoms. The van der Waals surface area contributed by atoms with E-state index < -0.39 is 23.4 Å². The molecule has 12 heteroatoms. The largest absolute Gasteiger partial charge is 0.390 e. The normalized spacial score (nSPS) is 30.2. The first-order chi connectivity index (χ1) is 19.3. The number of hydrogen-bond donors (Lipinski definition) is 2. The van der Waals surface area contributed by atoms with Gasteiger partial charge in [-0.15, -0.1) is 0 Å². The Balaban J connectivity index is 1.17. The van der Waals surface area contributed by atoms with Crippen LogP contribution in [0.25, 0.3) is 0 Å². The third-order valence-corrected chi connectivity index (χ3v) is 7.82. The van der Waals surface area contributed by atoms with Crippen LogP contribution >= 0.6 is 0 Å². The van der Waals surface area contributed by atoms with Crippen LogP contribution in [0.1, 0.15) is 40.0 Å². The summed E-state index contributed by atoms with van der Waals surface area (Å²) < 4.78 is 56.3. The van der Waals surface area contributed by atoms with Crippen molar-refractivity contribution in [2.45, 2.75) is 88.5 Å². The number of epoxide rings is 4. The van der Waals surface area contributed by atoms with Gasteiger partial charge in [0.2, 0.25) is 0 Å². The molecular formula is C28H50O12. The summed E-state index contributed by atoms with van der Waals surface area (Å²) in [5, 5.41) is 21.8. The minimum absolute atomic E-state index is 0.0449. The van der Waals surface area contributed by atoms with Crippen molar-refractivity contribution >= 4 is 0 Å². The van der Waals surface area contributed by atoms with E-state index in [2.05, 4.69) is 0 Å². The van der Waals surface area contributed by atoms with Gasteiger partial charge >= 0.3 is 0 Å². The van der Waals surface area contributed by atoms with Crippen LogP contribution in [0.3, 0.4) is 0 Å². The van der Waals surface area contributed by atoms with Gasteiger partial charge in [-0.25, -0.2) is 0 Å². The SMILES string of the molecule is CCC(O)(CC1CO1)OCC(COCC(O)C(C)(CC)COCC(COCC1CO1)OCC1CO1)OCC1CO1. The van der Waals surface area contributed by atoms with E-state index in [-0.39, 0.29) is 50.3 Å². The molecule has 4 aliphatic heterocycles. The van der Waals surface area contributed by atoms with Crippen molar-refractivity contribution in [2.75, 3.05) is 85.9 Å². The zero-order valence-electron chi connectivity index (χ0n) is 24.3. The lowest BCUT2D eigenvalue weighted by Gasteiger charge is -2.34. The van der Waals surface area contributed by atoms with Gasteiger partial charge in [0.05, 0.1) is 98.1 Å². The second-order valence-corrected chi connectivity index (χ2v) is 11.7. The zero-order chi connectivity index (χ0) is 28.4. The van der Waals surface area contributed by atoms with E-state index in [1.807, 2.05) is 20.8 Å². The Labute approximate surface area is 237 Å². The van der Waals surface area contributed by atoms with Crippen LogP contribution in [0.5, 0.6) is 0 Å². The van der Waals surface area contributed by atoms with Crippen LogP contribution in [-0.2, 0) is 47.4 Å². The van der Waals surface area contributed by atoms with Crippen molar-refractivity contribution in [1.82, 2.24) is 0 Å². The van der Waals surface area contributed by atoms with Gasteiger partial charge < -0.3 is 57.6 Å². The molecule has 0 saturated carbocycles. The van der Waals surface area contributed by atoms with E-state index in [1.54, 1.807) is 0 Å². The smallest absolute Gasteiger partial charge is 0.167 e. The van der Waals surface area contributed by atoms with E-state index in [0.717, 1.165) is 13.2 Å². The molecule has 40 heavy (non-hydrogen) atoms. The molecule has 0 aliphatic carbocycles. The fourth-order valence-electron chi connectivity index (χ4n) is 4.06. The van der Waals surface area contributed by atoms with Crippen LogP contribution in [0.2, 0.25) is 0 Å². The monoisotopic (exact) mass is 578 g/mol. The van der Waals surface area contributed by atoms with Crippen molar-refractivity contribution in [1.29, 1.82) is 0 Å². The molecule has 2 N–H and O–H groups in total. The lowest BCUT2D eigenvalue weighted by atomic mass is 9.82. The van der Waals surface area contributed by atoms with Crippen molar-refractivity contribution in [3.8, 4) is 0 Å². The average Bonchev–Trinajstić information content (AvgIpc) is 3.78. The fourth-order valence-corrected chi connectivity index (χ4v) is 4.06. The van der Waals surface area contributed by atoms with Gasteiger partial charge in [0.15, 0.2) is 5.79 Å². The van der Waals surface area contributed by atoms with Gasteiger partial charge in [-0.3, -0.25) is 0 Å². The maximum absolute atomic E-state index is 11.0. The molecule has 0 aromatic rings. The van der Waals surface area contributed by atoms with Crippen LogP contribution in [0.15, 0.2) is 0 Å². The van der Waals surface area contributed by atoms with E-state index in [0.29, 0.717) is 72.1 Å². The summed E-state index contributed by atoms with van der Waals surface area (Å²) in [7, 11) is 0. The first kappa shape index (κ1) is 32.4. The number of aliphatic hydroxyl groups excluding tert-OH is 1. The molecule has 0 aromatic heterocycles. The Morgan fingerprint density at radius 3 is 1.77 bits per heavy atom. The van der Waals surface area contributed by atoms with Gasteiger partial charge in [-0.05, 0) is 12.8 Å². The van der Waals surface area contributed by atoms with Crippen molar-refractivity contribution in [3.05, 3.63) is 0 Å². The average molecular weight is 579 g/mol. The lowest BCUT2D eigenvalue weighted by molar-refractivity contribution is -0.230. The van der Waals surface area contributed by atoms with Crippen LogP contribution < -0.4 is 0 Å². The number of ether oxygens (including phenoxy) is 10. The minimum Gasteiger partial charge on any atom is -0.390 e. The van der Waals surface area contributed by atoms with E-state index >= 15 is 0 Å². The topological polar surface area (TPSA) is 146 Å². The molecule has 9 unspecified atom stereocenters. The summed E-state index contributed by atoms with van der Waals surface area (Å²) in [5.41, 5.74) is -0.520. The standard InChI is InChI=1S/C28H50O12/c1-4-27(3,19-33-10-21(35-13-24-15-38-24)7-31-8-22-12-36-22)26(29)18-32-9-23(37-14-25-16-39-25)17-40-28(30,5-2)6-20-11-34-20/h20-26,29-30H,4-19H2,1-3H3. The molecule has 0 radical (unpaired) electrons. The fraction of sp³-hybridized carbons (Fsp3) is 1.00. The summed E-state index contributed by atoms with van der Waals surface area (Å²) in [5.74, 6) is -1.26. The Morgan fingerprint density at radius 2 is 1.23 bits per heavy atom. The van der Waals surface area contributed by atoms with Gasteiger partial charge in [0.25, 0.3) is 0 Å². The van der Waals surface area contributed by atoms with E-state index in [4.69, 9.17) is 47.4 Å². The van der Waals surface area contributed by atoms with Crippen molar-refractivity contribution < 1.29 is 57.6 Å². The Hall–Kier alpha value is -0.480. The number of aliphatic hydroxyl groups is 2. The zero-order valence-corrected chi connectivity index (χ0v) is 24.3. The summed E-state index contributed by atoms with van der Waals surface area (Å²) in [6.07, 6.45) is 0.675. The predicted molar refractivity (Wildman–Crippen MR) is 141 cm³/mol. The van der Waals surface area contributed by atoms with Gasteiger partial charge in [0.1, 0.15) is 30.5 Å². The van der Waals surface area contributed by atoms with E-state index in [9.17, 15) is 10.2 Å². The first-order valence-electron chi connectivity index (χ1n) is 14.8. The maximum Gasteiger partial charge on any atom is 0.167 e. The number of hydrogen-bond acceptors (Lipinski definition) is 12. The quantitative estimate of drug-likeness (QED) is 0.110. The molecule has 9 atom stereocenters. The van der Waals surface area contributed by atoms with Gasteiger partial charge in [0, 0.05) is 11.8 Å². The summed E-state index contributed by atoms with van der Waals surface area (Å²) in [6, 6.07) is 0. The molecular weight excluding hydrogens is 528 g/mol. The minimum atomic E-state index is -1.26. The first-order valence-corrected chi connectivity index (χ1v) is 14.8. The molecule has 4 fully saturated rings. The van der Waals surface area contributed by atoms with Crippen molar-refractivity contribution in [3.63, 3.8) is 0 Å². The molecule has 4 heterocycles. The summed E-state index contributed by atoms with van der Waals surface area (Å²) in [6.45, 7) is 11.8. The molecule has 0 bridgehead atoms. The Morgan fingerprint density at radius 1 is 0.700 bits per heavy atom. The van der Waals surface area contributed by atoms with E-state index in [1.165, 1.54) is 0 Å². The lowest BCUT2D eigenvalue weighted by Crippen LogP contribution is -2.42. The second kappa shape index (κ2) is 15.8. The Kier molecular flexibility index (Phi) is 12.8. The highest BCUT2D eigenvalue weighted by molar-refractivity contribution is 4.82. The molecule has 0 aromatic carbocycles. The Bertz CT molecular complexity index is 713. The molecule has 12 nitrogen and oxygen atoms in total. The highest BCUT2D eigenvalue weighted by Crippen LogP contribution is 2.28. The van der Waals surface area contributed by atoms with Gasteiger partial charge in [-0.1, -0.05) is 20.8 Å². The molecule has 4 rings (SSSR count). The van der Waals surface area contributed by atoms with Crippen LogP contribution in [0.4, 0.5) is 0 Å². The molecule has 0 amide bonds. The summed E-state index contributed by atoms with van der Waals surface area (Å²) >= 11 is 0. The number of rotatable bonds is 26. The second-order valence-electron chi connectivity index (χ2n) is 11.7. The predicted octanol–water partition coefficient (Wildman–Crippen LogP) is 0.684. The highest BCUT2D eigenvalue weighted by atomic mass is 16.7. The van der Waals surface area contributed by atoms with Crippen molar-refractivity contribution in [2.24, 2.45) is 5.41 Å². The van der Waals surface area contributed by atoms with Gasteiger partial charge in [-0.2, -0.15) is 0 Å². The van der Waals surface area contributed by atoms with Crippen LogP contribution in [-0.4, -0.2) is 145 Å². The molecule has 234 valence electrons. The highest BCUT2D eigenvalue weighted by Gasteiger charge is 2.37. The summed E-state index contributed by atoms with van der Waals surface area (Å²) in [4.78, 5) is 0. The van der Waals surface area contributed by atoms with Crippen LogP contribution in [0, 0.1) is 5.41 Å². The molecule has 4 saturated heterocycles. The molecule has 4 aliphatic rings. The third kappa shape index (κ3) is 12.4. The third-order valence-electron chi connectivity index (χ3n) is 7.82.